The molecule has 2 aromatic carbocycles. The summed E-state index contributed by atoms with van der Waals surface area (Å²) in [5.41, 5.74) is 8.30. The summed E-state index contributed by atoms with van der Waals surface area (Å²) in [5.74, 6) is 0.379. The zero-order valence-corrected chi connectivity index (χ0v) is 24.7. The molecule has 6 rings (SSSR count). The number of oxazole rings is 1. The summed E-state index contributed by atoms with van der Waals surface area (Å²) in [5, 5.41) is 3.57. The topological polar surface area (TPSA) is 94.7 Å². The molecule has 0 aliphatic carbocycles. The molecule has 2 aliphatic heterocycles. The van der Waals surface area contributed by atoms with Crippen LogP contribution in [-0.4, -0.2) is 29.9 Å². The van der Waals surface area contributed by atoms with Crippen molar-refractivity contribution in [3.8, 4) is 17.0 Å². The Morgan fingerprint density at radius 3 is 2.54 bits per heavy atom. The van der Waals surface area contributed by atoms with Gasteiger partial charge >= 0.3 is 0 Å². The maximum atomic E-state index is 14.9. The first kappa shape index (κ1) is 30.6. The third-order valence-corrected chi connectivity index (χ3v) is 7.01. The average Bonchev–Trinajstić information content (AvgIpc) is 3.74. The van der Waals surface area contributed by atoms with E-state index in [2.05, 4.69) is 46.6 Å². The van der Waals surface area contributed by atoms with Gasteiger partial charge in [-0.15, -0.1) is 0 Å². The number of nitrogens with one attached hydrogen (secondary N) is 2. The van der Waals surface area contributed by atoms with Crippen LogP contribution in [0.2, 0.25) is 0 Å². The summed E-state index contributed by atoms with van der Waals surface area (Å²) < 4.78 is 40.5. The standard InChI is InChI=1S/C29H31F2N3O2.C2H6.CH3NO/c1-5-6-20(14-32-13-19-7-8-25-27(10-19)36-18(4)33-25)26-11-21-17(3)15-35-29(21)28(34-26)22-9-16(2)23(30)12-24(22)31;1-2;1-2-3-1/h7-12,17,20,32H,5-6,13-15H2,1-4H3;1-2H3;2H,1H2. The van der Waals surface area contributed by atoms with Gasteiger partial charge in [0.1, 0.15) is 35.3 Å². The van der Waals surface area contributed by atoms with E-state index in [1.807, 2.05) is 32.9 Å². The van der Waals surface area contributed by atoms with Crippen molar-refractivity contribution in [2.75, 3.05) is 19.9 Å². The Labute approximate surface area is 240 Å². The molecule has 1 saturated heterocycles. The molecule has 9 heteroatoms. The van der Waals surface area contributed by atoms with Crippen LogP contribution in [0.25, 0.3) is 22.4 Å². The molecule has 2 aromatic heterocycles. The molecule has 2 unspecified atom stereocenters. The Morgan fingerprint density at radius 2 is 1.83 bits per heavy atom. The largest absolute Gasteiger partial charge is 0.490 e. The first-order chi connectivity index (χ1) is 19.8. The maximum absolute atomic E-state index is 14.9. The average molecular weight is 567 g/mol. The Bertz CT molecular complexity index is 1470. The zero-order chi connectivity index (χ0) is 29.5. The number of fused-ring (bicyclic) bond motifs is 2. The van der Waals surface area contributed by atoms with E-state index in [1.54, 1.807) is 6.92 Å². The molecule has 7 nitrogen and oxygen atoms in total. The summed E-state index contributed by atoms with van der Waals surface area (Å²) in [4.78, 5) is 13.5. The lowest BCUT2D eigenvalue weighted by molar-refractivity contribution is 0.337. The van der Waals surface area contributed by atoms with Crippen LogP contribution in [0.5, 0.6) is 5.75 Å². The smallest absolute Gasteiger partial charge is 0.192 e. The second-order valence-electron chi connectivity index (χ2n) is 10.2. The highest BCUT2D eigenvalue weighted by atomic mass is 19.1. The highest BCUT2D eigenvalue weighted by molar-refractivity contribution is 5.73. The molecular weight excluding hydrogens is 526 g/mol. The van der Waals surface area contributed by atoms with Crippen LogP contribution in [0.4, 0.5) is 8.78 Å². The third kappa shape index (κ3) is 7.47. The minimum atomic E-state index is -0.628. The number of ether oxygens (including phenoxy) is 1. The molecule has 220 valence electrons. The molecule has 4 heterocycles. The first-order valence-corrected chi connectivity index (χ1v) is 14.4. The van der Waals surface area contributed by atoms with Crippen molar-refractivity contribution in [2.24, 2.45) is 0 Å². The highest BCUT2D eigenvalue weighted by Crippen LogP contribution is 2.43. The zero-order valence-electron chi connectivity index (χ0n) is 24.7. The molecule has 0 radical (unpaired) electrons. The van der Waals surface area contributed by atoms with Crippen molar-refractivity contribution < 1.29 is 22.8 Å². The van der Waals surface area contributed by atoms with Gasteiger partial charge in [0.15, 0.2) is 11.5 Å². The van der Waals surface area contributed by atoms with Gasteiger partial charge in [-0.1, -0.05) is 40.2 Å². The minimum Gasteiger partial charge on any atom is -0.490 e. The Hall–Kier alpha value is -3.40. The molecule has 0 bridgehead atoms. The lowest BCUT2D eigenvalue weighted by Gasteiger charge is -2.20. The van der Waals surface area contributed by atoms with Crippen molar-refractivity contribution in [3.63, 3.8) is 0 Å². The number of hydrogen-bond acceptors (Lipinski definition) is 7. The van der Waals surface area contributed by atoms with E-state index in [-0.39, 0.29) is 17.4 Å². The van der Waals surface area contributed by atoms with Gasteiger partial charge in [0.2, 0.25) is 0 Å². The van der Waals surface area contributed by atoms with Gasteiger partial charge in [0.25, 0.3) is 0 Å². The van der Waals surface area contributed by atoms with Crippen LogP contribution in [0.15, 0.2) is 40.8 Å². The van der Waals surface area contributed by atoms with Crippen molar-refractivity contribution in [1.82, 2.24) is 20.8 Å². The number of hydroxylamine groups is 1. The van der Waals surface area contributed by atoms with E-state index >= 15 is 0 Å². The number of pyridine rings is 1. The molecule has 2 aliphatic rings. The van der Waals surface area contributed by atoms with E-state index in [0.29, 0.717) is 42.6 Å². The van der Waals surface area contributed by atoms with E-state index < -0.39 is 11.6 Å². The van der Waals surface area contributed by atoms with Crippen LogP contribution in [-0.2, 0) is 11.4 Å². The summed E-state index contributed by atoms with van der Waals surface area (Å²) in [7, 11) is 0. The summed E-state index contributed by atoms with van der Waals surface area (Å²) in [6.45, 7) is 14.4. The fraction of sp³-hybridized carbons (Fsp3) is 0.438. The Kier molecular flexibility index (Phi) is 10.4. The summed E-state index contributed by atoms with van der Waals surface area (Å²) in [6.07, 6.45) is 1.92. The predicted octanol–water partition coefficient (Wildman–Crippen LogP) is 7.46. The molecule has 0 spiro atoms. The van der Waals surface area contributed by atoms with Crippen LogP contribution in [0.3, 0.4) is 0 Å². The fourth-order valence-corrected chi connectivity index (χ4v) is 4.91. The van der Waals surface area contributed by atoms with E-state index in [1.165, 1.54) is 6.07 Å². The minimum absolute atomic E-state index is 0.132. The van der Waals surface area contributed by atoms with Gasteiger partial charge in [-0.2, -0.15) is 5.48 Å². The monoisotopic (exact) mass is 566 g/mol. The van der Waals surface area contributed by atoms with Gasteiger partial charge in [-0.3, -0.25) is 4.84 Å². The lowest BCUT2D eigenvalue weighted by atomic mass is 9.93. The van der Waals surface area contributed by atoms with Crippen LogP contribution < -0.4 is 15.5 Å². The summed E-state index contributed by atoms with van der Waals surface area (Å²) >= 11 is 0. The van der Waals surface area contributed by atoms with E-state index in [9.17, 15) is 8.78 Å². The van der Waals surface area contributed by atoms with Crippen molar-refractivity contribution in [1.29, 1.82) is 0 Å². The molecule has 2 atom stereocenters. The van der Waals surface area contributed by atoms with Gasteiger partial charge in [-0.05, 0) is 48.7 Å². The normalized spacial score (nSPS) is 15.8. The Balaban J connectivity index is 0.000000713. The van der Waals surface area contributed by atoms with Crippen molar-refractivity contribution >= 4 is 11.1 Å². The SMILES string of the molecule is C1NO1.CC.CCCC(CNCc1ccc2nc(C)oc2c1)c1cc2c(c(-c3cc(C)c(F)cc3F)n1)OCC2C. The number of rotatable bonds is 8. The lowest BCUT2D eigenvalue weighted by Crippen LogP contribution is -2.22. The number of hydrogen-bond donors (Lipinski definition) is 2. The van der Waals surface area contributed by atoms with Crippen LogP contribution in [0, 0.1) is 25.5 Å². The van der Waals surface area contributed by atoms with Gasteiger partial charge in [0.05, 0.1) is 6.61 Å². The number of aryl methyl sites for hydroxylation is 2. The van der Waals surface area contributed by atoms with Gasteiger partial charge < -0.3 is 14.5 Å². The summed E-state index contributed by atoms with van der Waals surface area (Å²) in [6, 6.07) is 10.6. The molecule has 41 heavy (non-hydrogen) atoms. The van der Waals surface area contributed by atoms with Gasteiger partial charge in [0, 0.05) is 54.7 Å². The highest BCUT2D eigenvalue weighted by Gasteiger charge is 2.29. The van der Waals surface area contributed by atoms with Crippen LogP contribution in [0.1, 0.15) is 80.6 Å². The number of benzene rings is 2. The Morgan fingerprint density at radius 1 is 1.07 bits per heavy atom. The predicted molar refractivity (Wildman–Crippen MR) is 157 cm³/mol. The number of nitrogens with zero attached hydrogens (tertiary/aromatic N) is 2. The third-order valence-electron chi connectivity index (χ3n) is 7.01. The molecule has 0 saturated carbocycles. The molecule has 2 N–H and O–H groups in total. The van der Waals surface area contributed by atoms with E-state index in [0.717, 1.165) is 53.6 Å². The van der Waals surface area contributed by atoms with E-state index in [4.69, 9.17) is 14.1 Å². The van der Waals surface area contributed by atoms with Crippen molar-refractivity contribution in [2.45, 2.75) is 72.8 Å². The molecule has 4 aromatic rings. The quantitative estimate of drug-likeness (QED) is 0.214. The maximum Gasteiger partial charge on any atom is 0.192 e. The van der Waals surface area contributed by atoms with Crippen molar-refractivity contribution in [3.05, 3.63) is 76.3 Å². The molecular formula is C32H40F2N4O3. The van der Waals surface area contributed by atoms with Gasteiger partial charge in [-0.25, -0.2) is 18.7 Å². The van der Waals surface area contributed by atoms with Crippen LogP contribution >= 0.6 is 0 Å². The number of halogens is 2. The fourth-order valence-electron chi connectivity index (χ4n) is 4.91. The molecule has 0 amide bonds. The number of aromatic nitrogens is 2. The molecule has 1 fully saturated rings. The second-order valence-corrected chi connectivity index (χ2v) is 10.2. The first-order valence-electron chi connectivity index (χ1n) is 14.4. The second kappa shape index (κ2) is 14.0.